The van der Waals surface area contributed by atoms with Crippen LogP contribution in [0.15, 0.2) is 59.6 Å². The lowest BCUT2D eigenvalue weighted by atomic mass is 10.1. The average molecular weight is 412 g/mol. The molecule has 7 heteroatoms. The number of ether oxygens (including phenoxy) is 1. The van der Waals surface area contributed by atoms with Crippen molar-refractivity contribution < 1.29 is 13.2 Å². The van der Waals surface area contributed by atoms with Crippen molar-refractivity contribution in [1.29, 1.82) is 0 Å². The Labute approximate surface area is 171 Å². The number of aryl methyl sites for hydroxylation is 1. The summed E-state index contributed by atoms with van der Waals surface area (Å²) >= 11 is 0. The van der Waals surface area contributed by atoms with Crippen molar-refractivity contribution in [3.05, 3.63) is 71.7 Å². The number of benzene rings is 2. The Kier molecular flexibility index (Phi) is 5.54. The highest BCUT2D eigenvalue weighted by Crippen LogP contribution is 2.22. The van der Waals surface area contributed by atoms with E-state index in [0.29, 0.717) is 24.6 Å². The molecule has 0 unspecified atom stereocenters. The molecular formula is C22H25N3O3S. The number of nitrogens with one attached hydrogen (secondary N) is 1. The Morgan fingerprint density at radius 1 is 1.14 bits per heavy atom. The van der Waals surface area contributed by atoms with Gasteiger partial charge in [-0.1, -0.05) is 42.0 Å². The van der Waals surface area contributed by atoms with Gasteiger partial charge in [0.2, 0.25) is 0 Å². The zero-order valence-corrected chi connectivity index (χ0v) is 17.4. The van der Waals surface area contributed by atoms with E-state index >= 15 is 0 Å². The van der Waals surface area contributed by atoms with Crippen LogP contribution in [0.25, 0.3) is 11.3 Å². The molecular weight excluding hydrogens is 386 g/mol. The van der Waals surface area contributed by atoms with Crippen LogP contribution in [0.4, 0.5) is 0 Å². The van der Waals surface area contributed by atoms with Gasteiger partial charge < -0.3 is 14.6 Å². The van der Waals surface area contributed by atoms with E-state index in [0.717, 1.165) is 29.2 Å². The fourth-order valence-electron chi connectivity index (χ4n) is 3.41. The molecule has 29 heavy (non-hydrogen) atoms. The molecule has 0 saturated carbocycles. The van der Waals surface area contributed by atoms with Gasteiger partial charge in [-0.05, 0) is 24.6 Å². The number of aromatic nitrogens is 2. The second-order valence-electron chi connectivity index (χ2n) is 7.54. The van der Waals surface area contributed by atoms with E-state index < -0.39 is 9.84 Å². The van der Waals surface area contributed by atoms with Gasteiger partial charge in [-0.25, -0.2) is 13.4 Å². The third-order valence-corrected chi connectivity index (χ3v) is 6.24. The van der Waals surface area contributed by atoms with Crippen LogP contribution in [0, 0.1) is 6.92 Å². The molecule has 0 amide bonds. The largest absolute Gasteiger partial charge is 0.367 e. The standard InChI is InChI=1S/C22H25N3O3S/c1-16-3-7-18(8-4-16)21-14-25-13-19(28-15-22(25)24-21)12-23-11-17-5-9-20(10-6-17)29(2,26)27/h3-10,14,19,23H,11-13,15H2,1-2H3/t19-/m0/s1. The van der Waals surface area contributed by atoms with Gasteiger partial charge in [0.1, 0.15) is 12.4 Å². The Morgan fingerprint density at radius 2 is 1.86 bits per heavy atom. The Balaban J connectivity index is 1.33. The highest BCUT2D eigenvalue weighted by molar-refractivity contribution is 7.90. The topological polar surface area (TPSA) is 73.2 Å². The second-order valence-corrected chi connectivity index (χ2v) is 9.56. The summed E-state index contributed by atoms with van der Waals surface area (Å²) in [4.78, 5) is 5.05. The lowest BCUT2D eigenvalue weighted by Gasteiger charge is -2.24. The molecule has 1 aliphatic heterocycles. The molecule has 0 fully saturated rings. The molecule has 0 radical (unpaired) electrons. The first-order valence-corrected chi connectivity index (χ1v) is 11.5. The van der Waals surface area contributed by atoms with Crippen molar-refractivity contribution in [3.8, 4) is 11.3 Å². The van der Waals surface area contributed by atoms with Crippen molar-refractivity contribution in [2.24, 2.45) is 0 Å². The van der Waals surface area contributed by atoms with Crippen molar-refractivity contribution >= 4 is 9.84 Å². The molecule has 1 N–H and O–H groups in total. The molecule has 6 nitrogen and oxygen atoms in total. The summed E-state index contributed by atoms with van der Waals surface area (Å²) in [6.07, 6.45) is 3.38. The minimum Gasteiger partial charge on any atom is -0.367 e. The van der Waals surface area contributed by atoms with Crippen LogP contribution in [0.5, 0.6) is 0 Å². The van der Waals surface area contributed by atoms with Crippen LogP contribution in [0.2, 0.25) is 0 Å². The molecule has 2 heterocycles. The van der Waals surface area contributed by atoms with Gasteiger partial charge in [0.25, 0.3) is 0 Å². The Morgan fingerprint density at radius 3 is 2.55 bits per heavy atom. The number of sulfone groups is 1. The van der Waals surface area contributed by atoms with Gasteiger partial charge in [-0.15, -0.1) is 0 Å². The fraction of sp³-hybridized carbons (Fsp3) is 0.318. The van der Waals surface area contributed by atoms with Crippen LogP contribution >= 0.6 is 0 Å². The third-order valence-electron chi connectivity index (χ3n) is 5.11. The molecule has 0 bridgehead atoms. The monoisotopic (exact) mass is 411 g/mol. The van der Waals surface area contributed by atoms with Crippen molar-refractivity contribution in [3.63, 3.8) is 0 Å². The smallest absolute Gasteiger partial charge is 0.175 e. The minimum atomic E-state index is -3.16. The average Bonchev–Trinajstić information content (AvgIpc) is 3.11. The van der Waals surface area contributed by atoms with Gasteiger partial charge in [0, 0.05) is 31.1 Å². The predicted molar refractivity (Wildman–Crippen MR) is 112 cm³/mol. The van der Waals surface area contributed by atoms with Gasteiger partial charge in [-0.2, -0.15) is 0 Å². The summed E-state index contributed by atoms with van der Waals surface area (Å²) in [5, 5.41) is 3.40. The third kappa shape index (κ3) is 4.75. The Hall–Kier alpha value is -2.48. The van der Waals surface area contributed by atoms with E-state index in [2.05, 4.69) is 47.3 Å². The highest BCUT2D eigenvalue weighted by atomic mass is 32.2. The Bertz CT molecular complexity index is 1090. The lowest BCUT2D eigenvalue weighted by molar-refractivity contribution is 0.00278. The minimum absolute atomic E-state index is 0.0675. The van der Waals surface area contributed by atoms with Crippen molar-refractivity contribution in [2.45, 2.75) is 37.6 Å². The maximum atomic E-state index is 11.5. The number of rotatable bonds is 6. The van der Waals surface area contributed by atoms with E-state index in [1.807, 2.05) is 12.1 Å². The molecule has 1 aromatic heterocycles. The summed E-state index contributed by atoms with van der Waals surface area (Å²) in [7, 11) is -3.16. The van der Waals surface area contributed by atoms with E-state index in [4.69, 9.17) is 9.72 Å². The van der Waals surface area contributed by atoms with Crippen LogP contribution in [-0.2, 0) is 34.3 Å². The van der Waals surface area contributed by atoms with Gasteiger partial charge in [0.15, 0.2) is 9.84 Å². The molecule has 4 rings (SSSR count). The summed E-state index contributed by atoms with van der Waals surface area (Å²) in [6, 6.07) is 15.4. The van der Waals surface area contributed by atoms with Crippen LogP contribution in [0.3, 0.4) is 0 Å². The highest BCUT2D eigenvalue weighted by Gasteiger charge is 2.21. The molecule has 2 aromatic carbocycles. The number of nitrogens with zero attached hydrogens (tertiary/aromatic N) is 2. The van der Waals surface area contributed by atoms with Crippen LogP contribution in [-0.4, -0.2) is 36.9 Å². The normalized spacial score (nSPS) is 16.6. The SMILES string of the molecule is Cc1ccc(-c2cn3c(n2)CO[C@@H](CNCc2ccc(S(C)(=O)=O)cc2)C3)cc1. The first-order chi connectivity index (χ1) is 13.9. The first-order valence-electron chi connectivity index (χ1n) is 9.63. The van der Waals surface area contributed by atoms with E-state index in [1.54, 1.807) is 12.1 Å². The molecule has 0 aliphatic carbocycles. The zero-order valence-electron chi connectivity index (χ0n) is 16.6. The first kappa shape index (κ1) is 19.8. The summed E-state index contributed by atoms with van der Waals surface area (Å²) in [5.74, 6) is 0.952. The number of hydrogen-bond donors (Lipinski definition) is 1. The van der Waals surface area contributed by atoms with Crippen LogP contribution < -0.4 is 5.32 Å². The zero-order chi connectivity index (χ0) is 20.4. The maximum absolute atomic E-state index is 11.5. The molecule has 1 atom stereocenters. The maximum Gasteiger partial charge on any atom is 0.175 e. The second kappa shape index (κ2) is 8.10. The van der Waals surface area contributed by atoms with Gasteiger partial charge >= 0.3 is 0 Å². The summed E-state index contributed by atoms with van der Waals surface area (Å²) < 4.78 is 31.2. The number of fused-ring (bicyclic) bond motifs is 1. The van der Waals surface area contributed by atoms with E-state index in [1.165, 1.54) is 11.8 Å². The molecule has 1 aliphatic rings. The van der Waals surface area contributed by atoms with Crippen molar-refractivity contribution in [2.75, 3.05) is 12.8 Å². The number of hydrogen-bond acceptors (Lipinski definition) is 5. The number of imidazole rings is 1. The van der Waals surface area contributed by atoms with E-state index in [9.17, 15) is 8.42 Å². The van der Waals surface area contributed by atoms with Gasteiger partial charge in [0.05, 0.1) is 23.2 Å². The summed E-state index contributed by atoms with van der Waals surface area (Å²) in [6.45, 7) is 4.71. The van der Waals surface area contributed by atoms with Crippen LogP contribution in [0.1, 0.15) is 17.0 Å². The van der Waals surface area contributed by atoms with E-state index in [-0.39, 0.29) is 6.10 Å². The molecule has 3 aromatic rings. The quantitative estimate of drug-likeness (QED) is 0.675. The molecule has 0 saturated heterocycles. The van der Waals surface area contributed by atoms with Crippen molar-refractivity contribution in [1.82, 2.24) is 14.9 Å². The molecule has 152 valence electrons. The molecule has 0 spiro atoms. The van der Waals surface area contributed by atoms with Gasteiger partial charge in [-0.3, -0.25) is 0 Å². The summed E-state index contributed by atoms with van der Waals surface area (Å²) in [5.41, 5.74) is 4.37. The fourth-order valence-corrected chi connectivity index (χ4v) is 4.04. The predicted octanol–water partition coefficient (Wildman–Crippen LogP) is 2.95. The lowest BCUT2D eigenvalue weighted by Crippen LogP contribution is -2.35.